The Labute approximate surface area is 81.7 Å². The molecule has 0 atom stereocenters. The van der Waals surface area contributed by atoms with Crippen molar-refractivity contribution in [2.24, 2.45) is 0 Å². The third kappa shape index (κ3) is 2.00. The number of carbonyl (C=O) groups excluding carboxylic acids is 1. The monoisotopic (exact) mass is 221 g/mol. The predicted octanol–water partition coefficient (Wildman–Crippen LogP) is 1.24. The van der Waals surface area contributed by atoms with Gasteiger partial charge in [0.25, 0.3) is 6.43 Å². The first kappa shape index (κ1) is 11.3. The number of alkyl halides is 2. The smallest absolute Gasteiger partial charge is 0.355 e. The molecule has 15 heavy (non-hydrogen) atoms. The lowest BCUT2D eigenvalue weighted by atomic mass is 10.2. The van der Waals surface area contributed by atoms with Crippen LogP contribution >= 0.6 is 0 Å². The number of rotatable bonds is 2. The van der Waals surface area contributed by atoms with Crippen LogP contribution in [0.2, 0.25) is 0 Å². The van der Waals surface area contributed by atoms with Crippen LogP contribution in [0.15, 0.2) is 11.0 Å². The van der Waals surface area contributed by atoms with E-state index in [1.165, 1.54) is 0 Å². The first-order valence-electron chi connectivity index (χ1n) is 3.76. The Morgan fingerprint density at radius 1 is 1.53 bits per heavy atom. The minimum absolute atomic E-state index is 0.528. The topological polar surface area (TPSA) is 59.2 Å². The van der Waals surface area contributed by atoms with E-state index in [2.05, 4.69) is 4.74 Å². The second-order valence-corrected chi connectivity index (χ2v) is 2.55. The molecule has 0 bridgehead atoms. The highest BCUT2D eigenvalue weighted by Crippen LogP contribution is 2.18. The van der Waals surface area contributed by atoms with Crippen LogP contribution in [0.3, 0.4) is 0 Å². The zero-order valence-corrected chi connectivity index (χ0v) is 7.51. The Morgan fingerprint density at radius 2 is 2.13 bits per heavy atom. The number of pyridine rings is 1. The highest BCUT2D eigenvalue weighted by molar-refractivity contribution is 5.88. The molecule has 0 spiro atoms. The third-order valence-electron chi connectivity index (χ3n) is 1.68. The van der Waals surface area contributed by atoms with E-state index in [0.717, 1.165) is 7.11 Å². The Morgan fingerprint density at radius 3 is 2.60 bits per heavy atom. The van der Waals surface area contributed by atoms with Crippen molar-refractivity contribution in [2.45, 2.75) is 6.43 Å². The number of aromatic amines is 1. The van der Waals surface area contributed by atoms with Crippen molar-refractivity contribution in [1.29, 1.82) is 0 Å². The summed E-state index contributed by atoms with van der Waals surface area (Å²) in [6, 6.07) is 0. The molecule has 0 saturated heterocycles. The molecule has 0 unspecified atom stereocenters. The van der Waals surface area contributed by atoms with Gasteiger partial charge < -0.3 is 9.72 Å². The van der Waals surface area contributed by atoms with Crippen molar-refractivity contribution in [1.82, 2.24) is 4.98 Å². The van der Waals surface area contributed by atoms with E-state index in [4.69, 9.17) is 0 Å². The van der Waals surface area contributed by atoms with Gasteiger partial charge in [0.05, 0.1) is 12.7 Å². The maximum absolute atomic E-state index is 12.7. The number of methoxy groups -OCH3 is 1. The lowest BCUT2D eigenvalue weighted by molar-refractivity contribution is 0.0580. The fraction of sp³-hybridized carbons (Fsp3) is 0.250. The number of carbonyl (C=O) groups is 1. The average molecular weight is 221 g/mol. The molecule has 82 valence electrons. The minimum atomic E-state index is -3.25. The second-order valence-electron chi connectivity index (χ2n) is 2.55. The maximum Gasteiger partial charge on any atom is 0.355 e. The van der Waals surface area contributed by atoms with Crippen LogP contribution in [-0.4, -0.2) is 18.1 Å². The van der Waals surface area contributed by atoms with E-state index < -0.39 is 34.9 Å². The van der Waals surface area contributed by atoms with Gasteiger partial charge in [-0.15, -0.1) is 0 Å². The SMILES string of the molecule is COC(=O)c1[nH]cc(F)c(=O)c1C(F)F. The molecule has 0 aromatic carbocycles. The summed E-state index contributed by atoms with van der Waals surface area (Å²) in [6.07, 6.45) is -2.72. The van der Waals surface area contributed by atoms with Crippen molar-refractivity contribution in [3.8, 4) is 0 Å². The van der Waals surface area contributed by atoms with Crippen LogP contribution in [0, 0.1) is 5.82 Å². The van der Waals surface area contributed by atoms with E-state index in [1.54, 1.807) is 0 Å². The number of hydrogen-bond acceptors (Lipinski definition) is 3. The van der Waals surface area contributed by atoms with Gasteiger partial charge in [0.1, 0.15) is 5.69 Å². The van der Waals surface area contributed by atoms with Crippen LogP contribution in [0.25, 0.3) is 0 Å². The summed E-state index contributed by atoms with van der Waals surface area (Å²) in [6.45, 7) is 0. The van der Waals surface area contributed by atoms with Crippen LogP contribution in [-0.2, 0) is 4.74 Å². The predicted molar refractivity (Wildman–Crippen MR) is 43.3 cm³/mol. The first-order chi connectivity index (χ1) is 6.99. The third-order valence-corrected chi connectivity index (χ3v) is 1.68. The molecule has 7 heteroatoms. The van der Waals surface area contributed by atoms with Crippen LogP contribution < -0.4 is 5.43 Å². The molecule has 1 rings (SSSR count). The molecule has 0 fully saturated rings. The molecule has 0 radical (unpaired) electrons. The van der Waals surface area contributed by atoms with Crippen molar-refractivity contribution in [2.75, 3.05) is 7.11 Å². The Kier molecular flexibility index (Phi) is 3.13. The average Bonchev–Trinajstić information content (AvgIpc) is 2.20. The molecule has 0 amide bonds. The van der Waals surface area contributed by atoms with E-state index in [0.29, 0.717) is 6.20 Å². The summed E-state index contributed by atoms with van der Waals surface area (Å²) >= 11 is 0. The van der Waals surface area contributed by atoms with Crippen molar-refractivity contribution >= 4 is 5.97 Å². The summed E-state index contributed by atoms with van der Waals surface area (Å²) in [5.41, 5.74) is -3.47. The minimum Gasteiger partial charge on any atom is -0.464 e. The fourth-order valence-electron chi connectivity index (χ4n) is 1.00. The molecular weight excluding hydrogens is 215 g/mol. The molecule has 1 aromatic rings. The summed E-state index contributed by atoms with van der Waals surface area (Å²) in [7, 11) is 0.958. The highest BCUT2D eigenvalue weighted by Gasteiger charge is 2.24. The summed E-state index contributed by atoms with van der Waals surface area (Å²) in [5, 5.41) is 0. The Balaban J connectivity index is 3.47. The van der Waals surface area contributed by atoms with Crippen LogP contribution in [0.5, 0.6) is 0 Å². The van der Waals surface area contributed by atoms with Gasteiger partial charge >= 0.3 is 5.97 Å². The van der Waals surface area contributed by atoms with Gasteiger partial charge in [-0.25, -0.2) is 18.0 Å². The van der Waals surface area contributed by atoms with Crippen LogP contribution in [0.1, 0.15) is 22.5 Å². The lowest BCUT2D eigenvalue weighted by Gasteiger charge is -2.05. The number of halogens is 3. The van der Waals surface area contributed by atoms with Crippen molar-refractivity contribution in [3.05, 3.63) is 33.5 Å². The molecule has 0 aliphatic heterocycles. The summed E-state index contributed by atoms with van der Waals surface area (Å²) in [4.78, 5) is 23.9. The van der Waals surface area contributed by atoms with Gasteiger partial charge in [0.15, 0.2) is 5.82 Å². The molecule has 1 N–H and O–H groups in total. The highest BCUT2D eigenvalue weighted by atomic mass is 19.3. The van der Waals surface area contributed by atoms with Gasteiger partial charge in [0, 0.05) is 6.20 Å². The van der Waals surface area contributed by atoms with Crippen molar-refractivity contribution in [3.63, 3.8) is 0 Å². The Bertz CT molecular complexity index is 441. The number of esters is 1. The maximum atomic E-state index is 12.7. The number of aromatic nitrogens is 1. The summed E-state index contributed by atoms with van der Waals surface area (Å²) < 4.78 is 41.6. The first-order valence-corrected chi connectivity index (χ1v) is 3.76. The quantitative estimate of drug-likeness (QED) is 0.764. The second kappa shape index (κ2) is 4.16. The standard InChI is InChI=1S/C8H6F3NO3/c1-15-8(14)5-4(7(10)11)6(13)3(9)2-12-5/h2,7H,1H3,(H,12,13). The molecule has 1 aromatic heterocycles. The summed E-state index contributed by atoms with van der Waals surface area (Å²) in [5.74, 6) is -2.53. The lowest BCUT2D eigenvalue weighted by Crippen LogP contribution is -2.21. The molecule has 0 aliphatic carbocycles. The van der Waals surface area contributed by atoms with E-state index in [1.807, 2.05) is 4.98 Å². The largest absolute Gasteiger partial charge is 0.464 e. The van der Waals surface area contributed by atoms with Gasteiger partial charge in [0.2, 0.25) is 5.43 Å². The van der Waals surface area contributed by atoms with Crippen molar-refractivity contribution < 1.29 is 22.7 Å². The van der Waals surface area contributed by atoms with Gasteiger partial charge in [-0.05, 0) is 0 Å². The number of nitrogens with one attached hydrogen (secondary N) is 1. The normalized spacial score (nSPS) is 10.5. The van der Waals surface area contributed by atoms with E-state index in [9.17, 15) is 22.8 Å². The van der Waals surface area contributed by atoms with Gasteiger partial charge in [-0.2, -0.15) is 0 Å². The van der Waals surface area contributed by atoms with Crippen LogP contribution in [0.4, 0.5) is 13.2 Å². The van der Waals surface area contributed by atoms with E-state index in [-0.39, 0.29) is 0 Å². The van der Waals surface area contributed by atoms with Gasteiger partial charge in [-0.3, -0.25) is 4.79 Å². The van der Waals surface area contributed by atoms with Gasteiger partial charge in [-0.1, -0.05) is 0 Å². The molecule has 0 saturated carbocycles. The number of hydrogen-bond donors (Lipinski definition) is 1. The number of H-pyrrole nitrogens is 1. The molecular formula is C8H6F3NO3. The fourth-order valence-corrected chi connectivity index (χ4v) is 1.00. The zero-order valence-electron chi connectivity index (χ0n) is 7.51. The zero-order chi connectivity index (χ0) is 11.6. The molecule has 1 heterocycles. The molecule has 4 nitrogen and oxygen atoms in total. The molecule has 0 aliphatic rings. The van der Waals surface area contributed by atoms with E-state index >= 15 is 0 Å². The number of ether oxygens (including phenoxy) is 1. The Hall–Kier alpha value is -1.79.